The van der Waals surface area contributed by atoms with Crippen LogP contribution in [0.3, 0.4) is 0 Å². The van der Waals surface area contributed by atoms with Crippen LogP contribution < -0.4 is 9.64 Å². The molecule has 0 spiro atoms. The summed E-state index contributed by atoms with van der Waals surface area (Å²) in [6, 6.07) is 19.8. The Bertz CT molecular complexity index is 1380. The summed E-state index contributed by atoms with van der Waals surface area (Å²) in [5, 5.41) is 10.9. The van der Waals surface area contributed by atoms with Crippen LogP contribution in [-0.2, 0) is 11.3 Å². The molecule has 2 atom stereocenters. The molecule has 1 amide bonds. The van der Waals surface area contributed by atoms with Crippen molar-refractivity contribution in [3.8, 4) is 5.75 Å². The lowest BCUT2D eigenvalue weighted by Gasteiger charge is -2.19. The van der Waals surface area contributed by atoms with E-state index in [0.717, 1.165) is 33.7 Å². The maximum Gasteiger partial charge on any atom is 0.227 e. The van der Waals surface area contributed by atoms with E-state index in [0.29, 0.717) is 12.2 Å². The molecule has 5 rings (SSSR count). The van der Waals surface area contributed by atoms with Crippen molar-refractivity contribution < 1.29 is 19.0 Å². The summed E-state index contributed by atoms with van der Waals surface area (Å²) in [4.78, 5) is 19.3. The van der Waals surface area contributed by atoms with Gasteiger partial charge in [0.25, 0.3) is 0 Å². The second kappa shape index (κ2) is 9.50. The predicted molar refractivity (Wildman–Crippen MR) is 133 cm³/mol. The smallest absolute Gasteiger partial charge is 0.227 e. The SMILES string of the molecule is Cc1ccc(OCC(O)Cn2c(C3CC(=O)N(c4cccc(F)c4)C3)nc3ccccc32)c(C)c1. The number of hydrogen-bond acceptors (Lipinski definition) is 4. The average molecular weight is 474 g/mol. The molecule has 6 nitrogen and oxygen atoms in total. The summed E-state index contributed by atoms with van der Waals surface area (Å²) in [5.74, 6) is 0.864. The number of aliphatic hydroxyl groups excluding tert-OH is 1. The van der Waals surface area contributed by atoms with Gasteiger partial charge in [0.1, 0.15) is 30.1 Å². The lowest BCUT2D eigenvalue weighted by Crippen LogP contribution is -2.26. The normalized spacial score (nSPS) is 16.7. The zero-order valence-corrected chi connectivity index (χ0v) is 19.8. The van der Waals surface area contributed by atoms with Crippen molar-refractivity contribution in [1.82, 2.24) is 9.55 Å². The van der Waals surface area contributed by atoms with Gasteiger partial charge in [0.05, 0.1) is 17.6 Å². The fraction of sp³-hybridized carbons (Fsp3) is 0.286. The van der Waals surface area contributed by atoms with Crippen LogP contribution in [-0.4, -0.2) is 39.8 Å². The number of ether oxygens (including phenoxy) is 1. The number of rotatable bonds is 7. The first-order chi connectivity index (χ1) is 16.9. The van der Waals surface area contributed by atoms with Crippen LogP contribution >= 0.6 is 0 Å². The lowest BCUT2D eigenvalue weighted by atomic mass is 10.1. The first kappa shape index (κ1) is 23.1. The molecule has 1 saturated heterocycles. The molecule has 2 unspecified atom stereocenters. The number of nitrogens with zero attached hydrogens (tertiary/aromatic N) is 3. The minimum atomic E-state index is -0.775. The third-order valence-electron chi connectivity index (χ3n) is 6.45. The second-order valence-electron chi connectivity index (χ2n) is 9.19. The Morgan fingerprint density at radius 3 is 2.74 bits per heavy atom. The first-order valence-corrected chi connectivity index (χ1v) is 11.8. The summed E-state index contributed by atoms with van der Waals surface area (Å²) in [6.07, 6.45) is -0.502. The van der Waals surface area contributed by atoms with Gasteiger partial charge < -0.3 is 19.3 Å². The van der Waals surface area contributed by atoms with Crippen molar-refractivity contribution in [1.29, 1.82) is 0 Å². The fourth-order valence-electron chi connectivity index (χ4n) is 4.78. The number of aromatic nitrogens is 2. The Labute approximate surface area is 203 Å². The van der Waals surface area contributed by atoms with Gasteiger partial charge in [-0.1, -0.05) is 35.9 Å². The number of amides is 1. The maximum atomic E-state index is 13.8. The highest BCUT2D eigenvalue weighted by Crippen LogP contribution is 2.33. The number of carbonyl (C=O) groups is 1. The summed E-state index contributed by atoms with van der Waals surface area (Å²) >= 11 is 0. The molecule has 0 radical (unpaired) electrons. The van der Waals surface area contributed by atoms with Crippen LogP contribution in [0, 0.1) is 19.7 Å². The van der Waals surface area contributed by atoms with Crippen LogP contribution in [0.15, 0.2) is 66.7 Å². The minimum Gasteiger partial charge on any atom is -0.491 e. The van der Waals surface area contributed by atoms with Gasteiger partial charge in [-0.05, 0) is 55.8 Å². The van der Waals surface area contributed by atoms with Crippen LogP contribution in [0.5, 0.6) is 5.75 Å². The van der Waals surface area contributed by atoms with Gasteiger partial charge in [-0.15, -0.1) is 0 Å². The van der Waals surface area contributed by atoms with Crippen molar-refractivity contribution in [3.05, 3.63) is 89.5 Å². The third-order valence-corrected chi connectivity index (χ3v) is 6.45. The zero-order chi connectivity index (χ0) is 24.5. The van der Waals surface area contributed by atoms with Gasteiger partial charge in [0.15, 0.2) is 0 Å². The van der Waals surface area contributed by atoms with E-state index < -0.39 is 6.10 Å². The van der Waals surface area contributed by atoms with Crippen LogP contribution in [0.25, 0.3) is 11.0 Å². The van der Waals surface area contributed by atoms with E-state index in [-0.39, 0.29) is 37.2 Å². The summed E-state index contributed by atoms with van der Waals surface area (Å²) in [7, 11) is 0. The molecule has 0 bridgehead atoms. The number of hydrogen-bond donors (Lipinski definition) is 1. The van der Waals surface area contributed by atoms with Gasteiger partial charge in [0.2, 0.25) is 5.91 Å². The number of para-hydroxylation sites is 2. The van der Waals surface area contributed by atoms with E-state index in [1.165, 1.54) is 12.1 Å². The van der Waals surface area contributed by atoms with E-state index in [4.69, 9.17) is 9.72 Å². The van der Waals surface area contributed by atoms with Crippen molar-refractivity contribution in [2.75, 3.05) is 18.1 Å². The molecule has 0 saturated carbocycles. The summed E-state index contributed by atoms with van der Waals surface area (Å²) in [6.45, 7) is 4.83. The largest absolute Gasteiger partial charge is 0.491 e. The lowest BCUT2D eigenvalue weighted by molar-refractivity contribution is -0.117. The standard InChI is InChI=1S/C28H28FN3O3/c1-18-10-11-26(19(2)12-18)35-17-23(33)16-32-25-9-4-3-8-24(25)30-28(32)20-13-27(34)31(15-20)22-7-5-6-21(29)14-22/h3-12,14,20,23,33H,13,15-17H2,1-2H3. The number of carbonyl (C=O) groups excluding carboxylic acids is 1. The topological polar surface area (TPSA) is 67.6 Å². The number of anilines is 1. The molecule has 1 aromatic heterocycles. The molecular weight excluding hydrogens is 445 g/mol. The summed E-state index contributed by atoms with van der Waals surface area (Å²) in [5.41, 5.74) is 4.42. The monoisotopic (exact) mass is 473 g/mol. The molecule has 1 aliphatic heterocycles. The molecular formula is C28H28FN3O3. The molecule has 2 heterocycles. The van der Waals surface area contributed by atoms with Crippen LogP contribution in [0.1, 0.15) is 29.3 Å². The number of aryl methyl sites for hydroxylation is 2. The van der Waals surface area contributed by atoms with Crippen LogP contribution in [0.2, 0.25) is 0 Å². The van der Waals surface area contributed by atoms with E-state index in [9.17, 15) is 14.3 Å². The predicted octanol–water partition coefficient (Wildman–Crippen LogP) is 4.75. The number of imidazole rings is 1. The Hall–Kier alpha value is -3.71. The van der Waals surface area contributed by atoms with Gasteiger partial charge >= 0.3 is 0 Å². The zero-order valence-electron chi connectivity index (χ0n) is 19.8. The van der Waals surface area contributed by atoms with Gasteiger partial charge in [-0.3, -0.25) is 4.79 Å². The molecule has 1 fully saturated rings. The van der Waals surface area contributed by atoms with Crippen molar-refractivity contribution >= 4 is 22.6 Å². The van der Waals surface area contributed by atoms with E-state index in [2.05, 4.69) is 0 Å². The third kappa shape index (κ3) is 4.77. The number of benzene rings is 3. The quantitative estimate of drug-likeness (QED) is 0.421. The Kier molecular flexibility index (Phi) is 6.26. The highest BCUT2D eigenvalue weighted by molar-refractivity contribution is 5.96. The molecule has 4 aromatic rings. The molecule has 0 aliphatic carbocycles. The Morgan fingerprint density at radius 1 is 1.11 bits per heavy atom. The molecule has 1 N–H and O–H groups in total. The number of halogens is 1. The Balaban J connectivity index is 1.38. The van der Waals surface area contributed by atoms with E-state index in [1.807, 2.05) is 60.9 Å². The van der Waals surface area contributed by atoms with E-state index >= 15 is 0 Å². The molecule has 35 heavy (non-hydrogen) atoms. The molecule has 7 heteroatoms. The highest BCUT2D eigenvalue weighted by Gasteiger charge is 2.35. The molecule has 3 aromatic carbocycles. The Morgan fingerprint density at radius 2 is 1.94 bits per heavy atom. The number of fused-ring (bicyclic) bond motifs is 1. The second-order valence-corrected chi connectivity index (χ2v) is 9.19. The molecule has 1 aliphatic rings. The van der Waals surface area contributed by atoms with Crippen LogP contribution in [0.4, 0.5) is 10.1 Å². The molecule has 180 valence electrons. The number of aliphatic hydroxyl groups is 1. The average Bonchev–Trinajstić information content (AvgIpc) is 3.39. The van der Waals surface area contributed by atoms with Gasteiger partial charge in [0, 0.05) is 24.6 Å². The highest BCUT2D eigenvalue weighted by atomic mass is 19.1. The first-order valence-electron chi connectivity index (χ1n) is 11.8. The summed E-state index contributed by atoms with van der Waals surface area (Å²) < 4.78 is 21.6. The van der Waals surface area contributed by atoms with Crippen molar-refractivity contribution in [2.24, 2.45) is 0 Å². The van der Waals surface area contributed by atoms with Crippen molar-refractivity contribution in [3.63, 3.8) is 0 Å². The van der Waals surface area contributed by atoms with Crippen molar-refractivity contribution in [2.45, 2.75) is 38.8 Å². The van der Waals surface area contributed by atoms with Gasteiger partial charge in [-0.2, -0.15) is 0 Å². The maximum absolute atomic E-state index is 13.8. The van der Waals surface area contributed by atoms with E-state index in [1.54, 1.807) is 17.0 Å². The minimum absolute atomic E-state index is 0.0714. The van der Waals surface area contributed by atoms with Gasteiger partial charge in [-0.25, -0.2) is 9.37 Å². The fourth-order valence-corrected chi connectivity index (χ4v) is 4.78.